The second-order valence-corrected chi connectivity index (χ2v) is 6.60. The fourth-order valence-electron chi connectivity index (χ4n) is 3.40. The molecule has 4 rings (SSSR count). The van der Waals surface area contributed by atoms with Gasteiger partial charge in [0.2, 0.25) is 0 Å². The van der Waals surface area contributed by atoms with Gasteiger partial charge in [-0.2, -0.15) is 0 Å². The van der Waals surface area contributed by atoms with E-state index in [1.165, 1.54) is 11.6 Å². The maximum absolute atomic E-state index is 14.0. The molecule has 1 saturated heterocycles. The Labute approximate surface area is 147 Å². The second kappa shape index (κ2) is 6.90. The van der Waals surface area contributed by atoms with Crippen LogP contribution in [0.15, 0.2) is 54.6 Å². The quantitative estimate of drug-likeness (QED) is 0.715. The number of aryl methyl sites for hydroxylation is 1. The van der Waals surface area contributed by atoms with Crippen molar-refractivity contribution in [1.29, 1.82) is 0 Å². The number of benzene rings is 2. The first kappa shape index (κ1) is 16.2. The Kier molecular flexibility index (Phi) is 4.47. The molecule has 0 saturated carbocycles. The Hall–Kier alpha value is -2.30. The molecule has 1 fully saturated rings. The average molecular weight is 336 g/mol. The van der Waals surface area contributed by atoms with E-state index in [4.69, 9.17) is 4.74 Å². The SMILES string of the molecule is Cc1ccc2cc(CN3CCOC(c4ccccc4F)C3)ccc2n1. The van der Waals surface area contributed by atoms with Gasteiger partial charge in [0.15, 0.2) is 0 Å². The summed E-state index contributed by atoms with van der Waals surface area (Å²) in [6.45, 7) is 5.01. The first-order chi connectivity index (χ1) is 12.2. The van der Waals surface area contributed by atoms with Gasteiger partial charge in [-0.15, -0.1) is 0 Å². The van der Waals surface area contributed by atoms with Gasteiger partial charge in [-0.3, -0.25) is 9.88 Å². The van der Waals surface area contributed by atoms with Crippen molar-refractivity contribution >= 4 is 10.9 Å². The third-order valence-corrected chi connectivity index (χ3v) is 4.70. The zero-order chi connectivity index (χ0) is 17.2. The van der Waals surface area contributed by atoms with Crippen LogP contribution in [-0.2, 0) is 11.3 Å². The molecule has 3 aromatic rings. The summed E-state index contributed by atoms with van der Waals surface area (Å²) in [6.07, 6.45) is -0.209. The van der Waals surface area contributed by atoms with Crippen molar-refractivity contribution in [3.8, 4) is 0 Å². The highest BCUT2D eigenvalue weighted by molar-refractivity contribution is 5.79. The van der Waals surface area contributed by atoms with Crippen molar-refractivity contribution in [3.63, 3.8) is 0 Å². The predicted octanol–water partition coefficient (Wildman–Crippen LogP) is 4.26. The number of rotatable bonds is 3. The molecule has 0 N–H and O–H groups in total. The van der Waals surface area contributed by atoms with E-state index < -0.39 is 0 Å². The van der Waals surface area contributed by atoms with Crippen LogP contribution >= 0.6 is 0 Å². The van der Waals surface area contributed by atoms with Crippen molar-refractivity contribution in [3.05, 3.63) is 77.2 Å². The van der Waals surface area contributed by atoms with Gasteiger partial charge in [-0.1, -0.05) is 30.3 Å². The maximum atomic E-state index is 14.0. The number of nitrogens with zero attached hydrogens (tertiary/aromatic N) is 2. The number of aromatic nitrogens is 1. The van der Waals surface area contributed by atoms with Crippen molar-refractivity contribution in [1.82, 2.24) is 9.88 Å². The van der Waals surface area contributed by atoms with Gasteiger partial charge >= 0.3 is 0 Å². The second-order valence-electron chi connectivity index (χ2n) is 6.60. The highest BCUT2D eigenvalue weighted by atomic mass is 19.1. The molecule has 1 aromatic heterocycles. The zero-order valence-electron chi connectivity index (χ0n) is 14.3. The van der Waals surface area contributed by atoms with Gasteiger partial charge < -0.3 is 4.74 Å². The van der Waals surface area contributed by atoms with Crippen molar-refractivity contribution in [2.24, 2.45) is 0 Å². The molecule has 4 heteroatoms. The average Bonchev–Trinajstić information content (AvgIpc) is 2.62. The summed E-state index contributed by atoms with van der Waals surface area (Å²) in [7, 11) is 0. The van der Waals surface area contributed by atoms with Crippen LogP contribution in [0.1, 0.15) is 22.9 Å². The predicted molar refractivity (Wildman–Crippen MR) is 96.9 cm³/mol. The molecule has 0 radical (unpaired) electrons. The van der Waals surface area contributed by atoms with E-state index >= 15 is 0 Å². The smallest absolute Gasteiger partial charge is 0.129 e. The van der Waals surface area contributed by atoms with Crippen molar-refractivity contribution in [2.75, 3.05) is 19.7 Å². The summed E-state index contributed by atoms with van der Waals surface area (Å²) in [5.41, 5.74) is 3.94. The number of fused-ring (bicyclic) bond motifs is 1. The molecule has 3 nitrogen and oxygen atoms in total. The number of halogens is 1. The summed E-state index contributed by atoms with van der Waals surface area (Å²) in [4.78, 5) is 6.87. The third kappa shape index (κ3) is 3.55. The Balaban J connectivity index is 1.51. The van der Waals surface area contributed by atoms with E-state index in [0.29, 0.717) is 18.7 Å². The highest BCUT2D eigenvalue weighted by Crippen LogP contribution is 2.26. The van der Waals surface area contributed by atoms with Crippen LogP contribution in [-0.4, -0.2) is 29.6 Å². The summed E-state index contributed by atoms with van der Waals surface area (Å²) < 4.78 is 19.8. The number of hydrogen-bond donors (Lipinski definition) is 0. The van der Waals surface area contributed by atoms with Crippen LogP contribution in [0.5, 0.6) is 0 Å². The molecule has 1 aliphatic heterocycles. The van der Waals surface area contributed by atoms with Crippen LogP contribution in [0.3, 0.4) is 0 Å². The summed E-state index contributed by atoms with van der Waals surface area (Å²) >= 11 is 0. The summed E-state index contributed by atoms with van der Waals surface area (Å²) in [5, 5.41) is 1.15. The molecule has 0 aliphatic carbocycles. The number of morpholine rings is 1. The molecule has 0 bridgehead atoms. The number of pyridine rings is 1. The molecular weight excluding hydrogens is 315 g/mol. The normalized spacial score (nSPS) is 18.6. The molecule has 2 heterocycles. The number of ether oxygens (including phenoxy) is 1. The van der Waals surface area contributed by atoms with Gasteiger partial charge in [0.05, 0.1) is 18.2 Å². The Morgan fingerprint density at radius 2 is 2.04 bits per heavy atom. The van der Waals surface area contributed by atoms with E-state index in [0.717, 1.165) is 29.7 Å². The van der Waals surface area contributed by atoms with Crippen LogP contribution in [0.2, 0.25) is 0 Å². The molecule has 1 atom stereocenters. The topological polar surface area (TPSA) is 25.4 Å². The van der Waals surface area contributed by atoms with Gasteiger partial charge in [0.1, 0.15) is 5.82 Å². The van der Waals surface area contributed by atoms with E-state index in [1.54, 1.807) is 6.07 Å². The van der Waals surface area contributed by atoms with Crippen LogP contribution in [0.4, 0.5) is 4.39 Å². The molecular formula is C21H21FN2O. The van der Waals surface area contributed by atoms with Crippen LogP contribution < -0.4 is 0 Å². The van der Waals surface area contributed by atoms with Crippen molar-refractivity contribution < 1.29 is 9.13 Å². The minimum atomic E-state index is -0.209. The van der Waals surface area contributed by atoms with Gasteiger partial charge in [0.25, 0.3) is 0 Å². The van der Waals surface area contributed by atoms with Gasteiger partial charge in [-0.25, -0.2) is 4.39 Å². The third-order valence-electron chi connectivity index (χ3n) is 4.70. The lowest BCUT2D eigenvalue weighted by Crippen LogP contribution is -2.38. The maximum Gasteiger partial charge on any atom is 0.129 e. The fraction of sp³-hybridized carbons (Fsp3) is 0.286. The van der Waals surface area contributed by atoms with Crippen LogP contribution in [0.25, 0.3) is 10.9 Å². The van der Waals surface area contributed by atoms with E-state index in [9.17, 15) is 4.39 Å². The molecule has 1 unspecified atom stereocenters. The molecule has 2 aromatic carbocycles. The van der Waals surface area contributed by atoms with E-state index in [-0.39, 0.29) is 11.9 Å². The standard InChI is InChI=1S/C21H21FN2O/c1-15-6-8-17-12-16(7-9-20(17)23-15)13-24-10-11-25-21(14-24)18-4-2-3-5-19(18)22/h2-9,12,21H,10-11,13-14H2,1H3. The lowest BCUT2D eigenvalue weighted by molar-refractivity contribution is -0.0344. The minimum Gasteiger partial charge on any atom is -0.371 e. The largest absolute Gasteiger partial charge is 0.371 e. The van der Waals surface area contributed by atoms with Gasteiger partial charge in [-0.05, 0) is 36.8 Å². The Bertz CT molecular complexity index is 896. The first-order valence-corrected chi connectivity index (χ1v) is 8.64. The van der Waals surface area contributed by atoms with Crippen molar-refractivity contribution in [2.45, 2.75) is 19.6 Å². The Morgan fingerprint density at radius 1 is 1.16 bits per heavy atom. The first-order valence-electron chi connectivity index (χ1n) is 8.64. The Morgan fingerprint density at radius 3 is 2.92 bits per heavy atom. The van der Waals surface area contributed by atoms with E-state index in [2.05, 4.69) is 34.1 Å². The zero-order valence-corrected chi connectivity index (χ0v) is 14.3. The molecule has 1 aliphatic rings. The molecule has 25 heavy (non-hydrogen) atoms. The fourth-order valence-corrected chi connectivity index (χ4v) is 3.40. The highest BCUT2D eigenvalue weighted by Gasteiger charge is 2.24. The minimum absolute atomic E-state index is 0.193. The van der Waals surface area contributed by atoms with Crippen LogP contribution in [0, 0.1) is 12.7 Å². The monoisotopic (exact) mass is 336 g/mol. The van der Waals surface area contributed by atoms with Gasteiger partial charge in [0, 0.05) is 36.3 Å². The summed E-state index contributed by atoms with van der Waals surface area (Å²) in [6, 6.07) is 17.4. The molecule has 0 amide bonds. The lowest BCUT2D eigenvalue weighted by atomic mass is 10.1. The summed E-state index contributed by atoms with van der Waals surface area (Å²) in [5.74, 6) is -0.193. The van der Waals surface area contributed by atoms with E-state index in [1.807, 2.05) is 25.1 Å². The number of hydrogen-bond acceptors (Lipinski definition) is 3. The lowest BCUT2D eigenvalue weighted by Gasteiger charge is -2.33. The molecule has 0 spiro atoms. The molecule has 128 valence electrons.